The number of aliphatic hydroxyl groups excluding tert-OH is 1. The molecule has 0 amide bonds. The molecule has 0 aromatic carbocycles. The maximum atomic E-state index is 7.57. The number of aliphatic hydroxyl groups is 1. The molecule has 0 radical (unpaired) electrons. The van der Waals surface area contributed by atoms with Gasteiger partial charge in [0.2, 0.25) is 0 Å². The second kappa shape index (κ2) is 47.1. The molecule has 0 aromatic heterocycles. The highest BCUT2D eigenvalue weighted by Crippen LogP contribution is 2.10. The Kier molecular flexibility index (Phi) is 59.0. The molecular weight excluding hydrogens is 388 g/mol. The number of rotatable bonds is 18. The predicted molar refractivity (Wildman–Crippen MR) is 145 cm³/mol. The van der Waals surface area contributed by atoms with E-state index in [2.05, 4.69) is 45.6 Å². The van der Waals surface area contributed by atoms with Gasteiger partial charge in [-0.2, -0.15) is 12.6 Å². The third kappa shape index (κ3) is 63.0. The van der Waals surface area contributed by atoms with E-state index in [4.69, 9.17) is 10.8 Å². The van der Waals surface area contributed by atoms with E-state index in [-0.39, 0.29) is 6.61 Å². The SMILES string of the molecule is CCCCCCCCCCCCS.CCCCN.CCCCNCCCC.CCO. The molecule has 0 aliphatic carbocycles. The first-order valence-corrected chi connectivity index (χ1v) is 13.9. The zero-order valence-electron chi connectivity index (χ0n) is 21.8. The molecule has 4 heteroatoms. The molecule has 4 N–H and O–H groups in total. The van der Waals surface area contributed by atoms with Gasteiger partial charge >= 0.3 is 0 Å². The van der Waals surface area contributed by atoms with Gasteiger partial charge in [0.25, 0.3) is 0 Å². The van der Waals surface area contributed by atoms with E-state index in [1.165, 1.54) is 116 Å². The van der Waals surface area contributed by atoms with Crippen LogP contribution in [0.5, 0.6) is 0 Å². The molecule has 0 atom stereocenters. The molecule has 188 valence electrons. The first kappa shape index (κ1) is 37.5. The normalized spacial score (nSPS) is 9.60. The monoisotopic (exact) mass is 450 g/mol. The maximum Gasteiger partial charge on any atom is 0.0402 e. The minimum absolute atomic E-state index is 0.250. The van der Waals surface area contributed by atoms with E-state index in [9.17, 15) is 0 Å². The van der Waals surface area contributed by atoms with Crippen molar-refractivity contribution in [2.75, 3.05) is 32.0 Å². The molecule has 0 saturated carbocycles. The van der Waals surface area contributed by atoms with Crippen LogP contribution in [0.1, 0.15) is 137 Å². The highest BCUT2D eigenvalue weighted by atomic mass is 32.1. The number of nitrogens with one attached hydrogen (secondary N) is 1. The molecule has 3 nitrogen and oxygen atoms in total. The lowest BCUT2D eigenvalue weighted by Crippen LogP contribution is -2.15. The summed E-state index contributed by atoms with van der Waals surface area (Å²) in [6, 6.07) is 0. The van der Waals surface area contributed by atoms with Crippen LogP contribution < -0.4 is 11.1 Å². The molecule has 30 heavy (non-hydrogen) atoms. The quantitative estimate of drug-likeness (QED) is 0.127. The van der Waals surface area contributed by atoms with Crippen molar-refractivity contribution in [1.82, 2.24) is 5.32 Å². The van der Waals surface area contributed by atoms with Crippen molar-refractivity contribution >= 4 is 12.6 Å². The first-order chi connectivity index (χ1) is 14.7. The average molecular weight is 451 g/mol. The second-order valence-electron chi connectivity index (χ2n) is 7.82. The third-order valence-electron chi connectivity index (χ3n) is 4.48. The van der Waals surface area contributed by atoms with Crippen molar-refractivity contribution in [2.45, 2.75) is 137 Å². The summed E-state index contributed by atoms with van der Waals surface area (Å²) in [5, 5.41) is 11.0. The van der Waals surface area contributed by atoms with E-state index < -0.39 is 0 Å². The van der Waals surface area contributed by atoms with Crippen LogP contribution in [0.3, 0.4) is 0 Å². The lowest BCUT2D eigenvalue weighted by atomic mass is 10.1. The summed E-state index contributed by atoms with van der Waals surface area (Å²) in [4.78, 5) is 0. The van der Waals surface area contributed by atoms with E-state index in [0.29, 0.717) is 0 Å². The van der Waals surface area contributed by atoms with Crippen LogP contribution in [-0.2, 0) is 0 Å². The number of nitrogens with two attached hydrogens (primary N) is 1. The molecule has 0 rings (SSSR count). The Bertz CT molecular complexity index is 201. The Balaban J connectivity index is -0.000000172. The van der Waals surface area contributed by atoms with Gasteiger partial charge in [-0.3, -0.25) is 0 Å². The van der Waals surface area contributed by atoms with E-state index in [1.807, 2.05) is 0 Å². The Labute approximate surface area is 198 Å². The fraction of sp³-hybridized carbons (Fsp3) is 1.00. The summed E-state index contributed by atoms with van der Waals surface area (Å²) >= 11 is 4.20. The molecule has 0 bridgehead atoms. The smallest absolute Gasteiger partial charge is 0.0402 e. The molecule has 0 spiro atoms. The number of thiol groups is 1. The molecule has 0 aliphatic rings. The Hall–Kier alpha value is 0.230. The van der Waals surface area contributed by atoms with Crippen molar-refractivity contribution < 1.29 is 5.11 Å². The maximum absolute atomic E-state index is 7.57. The van der Waals surface area contributed by atoms with Gasteiger partial charge in [0.05, 0.1) is 0 Å². The minimum Gasteiger partial charge on any atom is -0.397 e. The molecule has 0 heterocycles. The van der Waals surface area contributed by atoms with Crippen molar-refractivity contribution in [3.63, 3.8) is 0 Å². The highest BCUT2D eigenvalue weighted by molar-refractivity contribution is 7.80. The predicted octanol–water partition coefficient (Wildman–Crippen LogP) is 7.76. The Morgan fingerprint density at radius 1 is 0.567 bits per heavy atom. The summed E-state index contributed by atoms with van der Waals surface area (Å²) in [5.74, 6) is 1.07. The molecular formula is C26H62N2OS. The number of unbranched alkanes of at least 4 members (excludes halogenated alkanes) is 12. The number of hydrogen-bond donors (Lipinski definition) is 4. The van der Waals surface area contributed by atoms with Crippen molar-refractivity contribution in [3.8, 4) is 0 Å². The van der Waals surface area contributed by atoms with Crippen LogP contribution in [0.15, 0.2) is 0 Å². The van der Waals surface area contributed by atoms with E-state index in [1.54, 1.807) is 6.92 Å². The molecule has 0 aliphatic heterocycles. The minimum atomic E-state index is 0.250. The topological polar surface area (TPSA) is 58.3 Å². The van der Waals surface area contributed by atoms with Gasteiger partial charge in [-0.25, -0.2) is 0 Å². The van der Waals surface area contributed by atoms with Crippen LogP contribution in [0.2, 0.25) is 0 Å². The zero-order valence-corrected chi connectivity index (χ0v) is 22.7. The van der Waals surface area contributed by atoms with Gasteiger partial charge in [-0.15, -0.1) is 0 Å². The van der Waals surface area contributed by atoms with Crippen LogP contribution in [0, 0.1) is 0 Å². The van der Waals surface area contributed by atoms with Crippen molar-refractivity contribution in [3.05, 3.63) is 0 Å². The fourth-order valence-corrected chi connectivity index (χ4v) is 2.76. The summed E-state index contributed by atoms with van der Waals surface area (Å²) in [6.45, 7) is 14.0. The second-order valence-corrected chi connectivity index (χ2v) is 8.27. The Morgan fingerprint density at radius 3 is 1.17 bits per heavy atom. The van der Waals surface area contributed by atoms with Crippen LogP contribution >= 0.6 is 12.6 Å². The highest BCUT2D eigenvalue weighted by Gasteiger charge is 1.91. The third-order valence-corrected chi connectivity index (χ3v) is 4.80. The molecule has 0 saturated heterocycles. The lowest BCUT2D eigenvalue weighted by Gasteiger charge is -2.00. The zero-order chi connectivity index (χ0) is 23.6. The van der Waals surface area contributed by atoms with Gasteiger partial charge in [0.1, 0.15) is 0 Å². The van der Waals surface area contributed by atoms with Gasteiger partial charge < -0.3 is 16.2 Å². The molecule has 0 unspecified atom stereocenters. The largest absolute Gasteiger partial charge is 0.397 e. The number of hydrogen-bond acceptors (Lipinski definition) is 4. The van der Waals surface area contributed by atoms with Gasteiger partial charge in [-0.05, 0) is 58.0 Å². The van der Waals surface area contributed by atoms with Gasteiger partial charge in [0, 0.05) is 6.61 Å². The average Bonchev–Trinajstić information content (AvgIpc) is 2.75. The van der Waals surface area contributed by atoms with Gasteiger partial charge in [-0.1, -0.05) is 105 Å². The van der Waals surface area contributed by atoms with E-state index >= 15 is 0 Å². The van der Waals surface area contributed by atoms with Gasteiger partial charge in [0.15, 0.2) is 0 Å². The van der Waals surface area contributed by atoms with Crippen LogP contribution in [0.4, 0.5) is 0 Å². The van der Waals surface area contributed by atoms with E-state index in [0.717, 1.165) is 12.3 Å². The summed E-state index contributed by atoms with van der Waals surface area (Å²) < 4.78 is 0. The summed E-state index contributed by atoms with van der Waals surface area (Å²) in [6.07, 6.45) is 21.8. The molecule has 0 fully saturated rings. The van der Waals surface area contributed by atoms with Crippen molar-refractivity contribution in [2.24, 2.45) is 5.73 Å². The van der Waals surface area contributed by atoms with Crippen LogP contribution in [-0.4, -0.2) is 37.1 Å². The Morgan fingerprint density at radius 2 is 0.900 bits per heavy atom. The fourth-order valence-electron chi connectivity index (χ4n) is 2.53. The standard InChI is InChI=1S/C12H26S.C8H19N.C4H11N.C2H6O/c1-2-3-4-5-6-7-8-9-10-11-12-13;1-3-5-7-9-8-6-4-2;1-2-3-4-5;1-2-3/h13H,2-12H2,1H3;9H,3-8H2,1-2H3;2-5H2,1H3;3H,2H2,1H3. The summed E-state index contributed by atoms with van der Waals surface area (Å²) in [7, 11) is 0. The van der Waals surface area contributed by atoms with Crippen molar-refractivity contribution in [1.29, 1.82) is 0 Å². The summed E-state index contributed by atoms with van der Waals surface area (Å²) in [5.41, 5.74) is 5.14. The lowest BCUT2D eigenvalue weighted by molar-refractivity contribution is 0.318. The van der Waals surface area contributed by atoms with Crippen LogP contribution in [0.25, 0.3) is 0 Å². The molecule has 0 aromatic rings. The first-order valence-electron chi connectivity index (χ1n) is 13.3.